The average Bonchev–Trinajstić information content (AvgIpc) is 3.22. The molecule has 0 radical (unpaired) electrons. The van der Waals surface area contributed by atoms with Crippen molar-refractivity contribution in [1.82, 2.24) is 9.55 Å². The Labute approximate surface area is 164 Å². The highest BCUT2D eigenvalue weighted by atomic mass is 16.7. The zero-order chi connectivity index (χ0) is 21.0. The highest BCUT2D eigenvalue weighted by Crippen LogP contribution is 2.23. The van der Waals surface area contributed by atoms with E-state index in [0.717, 1.165) is 0 Å². The van der Waals surface area contributed by atoms with Crippen LogP contribution in [0.5, 0.6) is 5.75 Å². The third-order valence-corrected chi connectivity index (χ3v) is 4.30. The fourth-order valence-electron chi connectivity index (χ4n) is 2.70. The molecule has 1 aliphatic rings. The second-order valence-corrected chi connectivity index (χ2v) is 6.31. The molecule has 3 rings (SSSR count). The number of hydrogen-bond acceptors (Lipinski definition) is 9. The number of ether oxygens (including phenoxy) is 3. The SMILES string of the molecule is O=C(O[C@@H]1O[C@H](C(=O)O)[C@@H](O)[C@H](O)[C@H]1O)c1ccc(OCCn2ccnc2)cc1. The monoisotopic (exact) mass is 408 g/mol. The van der Waals surface area contributed by atoms with Gasteiger partial charge >= 0.3 is 11.9 Å². The summed E-state index contributed by atoms with van der Waals surface area (Å²) in [5, 5.41) is 38.3. The summed E-state index contributed by atoms with van der Waals surface area (Å²) in [4.78, 5) is 27.2. The number of nitrogens with zero attached hydrogens (tertiary/aromatic N) is 2. The zero-order valence-electron chi connectivity index (χ0n) is 15.1. The Bertz CT molecular complexity index is 824. The van der Waals surface area contributed by atoms with Crippen molar-refractivity contribution >= 4 is 11.9 Å². The summed E-state index contributed by atoms with van der Waals surface area (Å²) in [5.41, 5.74) is 0.0928. The Hall–Kier alpha value is -2.99. The molecule has 11 nitrogen and oxygen atoms in total. The summed E-state index contributed by atoms with van der Waals surface area (Å²) >= 11 is 0. The molecule has 1 fully saturated rings. The van der Waals surface area contributed by atoms with E-state index in [9.17, 15) is 24.9 Å². The first-order chi connectivity index (χ1) is 13.9. The molecule has 5 atom stereocenters. The standard InChI is InChI=1S/C18H20N2O9/c21-12-13(22)15(16(24)25)28-18(14(12)23)29-17(26)10-1-3-11(4-2-10)27-8-7-20-6-5-19-9-20/h1-6,9,12-15,18,21-23H,7-8H2,(H,24,25)/t12-,13-,14+,15-,18-/m0/s1. The average molecular weight is 408 g/mol. The number of aliphatic hydroxyl groups excluding tert-OH is 3. The Morgan fingerprint density at radius 1 is 1.10 bits per heavy atom. The molecular formula is C18H20N2O9. The molecule has 1 aromatic carbocycles. The van der Waals surface area contributed by atoms with E-state index in [1.54, 1.807) is 30.9 Å². The molecular weight excluding hydrogens is 388 g/mol. The fourth-order valence-corrected chi connectivity index (χ4v) is 2.70. The van der Waals surface area contributed by atoms with E-state index in [1.165, 1.54) is 12.1 Å². The molecule has 0 bridgehead atoms. The molecule has 0 amide bonds. The normalized spacial score (nSPS) is 26.7. The van der Waals surface area contributed by atoms with Crippen molar-refractivity contribution < 1.29 is 44.2 Å². The van der Waals surface area contributed by atoms with Crippen LogP contribution in [0.15, 0.2) is 43.0 Å². The molecule has 0 spiro atoms. The van der Waals surface area contributed by atoms with Gasteiger partial charge in [0.1, 0.15) is 30.7 Å². The smallest absolute Gasteiger partial charge is 0.340 e. The molecule has 0 unspecified atom stereocenters. The van der Waals surface area contributed by atoms with Gasteiger partial charge in [-0.3, -0.25) is 0 Å². The number of carboxylic acid groups (broad SMARTS) is 1. The van der Waals surface area contributed by atoms with Gasteiger partial charge in [0.25, 0.3) is 0 Å². The van der Waals surface area contributed by atoms with Gasteiger partial charge in [-0.25, -0.2) is 14.6 Å². The molecule has 1 saturated heterocycles. The number of carboxylic acids is 1. The number of imidazole rings is 1. The van der Waals surface area contributed by atoms with E-state index < -0.39 is 42.6 Å². The van der Waals surface area contributed by atoms with Crippen molar-refractivity contribution in [2.45, 2.75) is 37.3 Å². The van der Waals surface area contributed by atoms with Gasteiger partial charge in [0, 0.05) is 12.4 Å². The Balaban J connectivity index is 1.56. The third-order valence-electron chi connectivity index (χ3n) is 4.30. The zero-order valence-corrected chi connectivity index (χ0v) is 15.1. The first-order valence-electron chi connectivity index (χ1n) is 8.69. The third kappa shape index (κ3) is 4.90. The Morgan fingerprint density at radius 2 is 1.83 bits per heavy atom. The highest BCUT2D eigenvalue weighted by molar-refractivity contribution is 5.89. The molecule has 11 heteroatoms. The molecule has 0 aliphatic carbocycles. The van der Waals surface area contributed by atoms with Crippen LogP contribution in [0.2, 0.25) is 0 Å². The largest absolute Gasteiger partial charge is 0.492 e. The van der Waals surface area contributed by atoms with Crippen molar-refractivity contribution in [3.63, 3.8) is 0 Å². The molecule has 1 aliphatic heterocycles. The van der Waals surface area contributed by atoms with Crippen LogP contribution in [-0.2, 0) is 20.8 Å². The number of hydrogen-bond donors (Lipinski definition) is 4. The van der Waals surface area contributed by atoms with Crippen LogP contribution >= 0.6 is 0 Å². The van der Waals surface area contributed by atoms with E-state index in [-0.39, 0.29) is 5.56 Å². The van der Waals surface area contributed by atoms with Gasteiger partial charge in [0.2, 0.25) is 6.29 Å². The number of benzene rings is 1. The van der Waals surface area contributed by atoms with E-state index in [1.807, 2.05) is 4.57 Å². The molecule has 156 valence electrons. The first-order valence-corrected chi connectivity index (χ1v) is 8.69. The number of esters is 1. The lowest BCUT2D eigenvalue weighted by Gasteiger charge is -2.37. The molecule has 4 N–H and O–H groups in total. The number of carbonyl (C=O) groups excluding carboxylic acids is 1. The van der Waals surface area contributed by atoms with Crippen molar-refractivity contribution in [2.24, 2.45) is 0 Å². The summed E-state index contributed by atoms with van der Waals surface area (Å²) in [5.74, 6) is -1.96. The summed E-state index contributed by atoms with van der Waals surface area (Å²) in [6.07, 6.45) is -4.01. The lowest BCUT2D eigenvalue weighted by atomic mass is 9.99. The van der Waals surface area contributed by atoms with Gasteiger partial charge in [-0.05, 0) is 24.3 Å². The molecule has 2 aromatic rings. The van der Waals surface area contributed by atoms with Crippen molar-refractivity contribution in [1.29, 1.82) is 0 Å². The molecule has 29 heavy (non-hydrogen) atoms. The fraction of sp³-hybridized carbons (Fsp3) is 0.389. The van der Waals surface area contributed by atoms with Crippen LogP contribution in [-0.4, -0.2) is 79.2 Å². The van der Waals surface area contributed by atoms with Gasteiger partial charge < -0.3 is 39.2 Å². The van der Waals surface area contributed by atoms with Crippen LogP contribution in [0.25, 0.3) is 0 Å². The van der Waals surface area contributed by atoms with Crippen molar-refractivity contribution in [2.75, 3.05) is 6.61 Å². The minimum Gasteiger partial charge on any atom is -0.492 e. The number of carbonyl (C=O) groups is 2. The maximum atomic E-state index is 12.2. The lowest BCUT2D eigenvalue weighted by molar-refractivity contribution is -0.278. The van der Waals surface area contributed by atoms with Crippen LogP contribution < -0.4 is 4.74 Å². The van der Waals surface area contributed by atoms with Crippen LogP contribution in [0.3, 0.4) is 0 Å². The second kappa shape index (κ2) is 9.01. The lowest BCUT2D eigenvalue weighted by Crippen LogP contribution is -2.60. The van der Waals surface area contributed by atoms with Gasteiger partial charge in [-0.2, -0.15) is 0 Å². The van der Waals surface area contributed by atoms with Crippen LogP contribution in [0.1, 0.15) is 10.4 Å². The van der Waals surface area contributed by atoms with Gasteiger partial charge in [-0.15, -0.1) is 0 Å². The highest BCUT2D eigenvalue weighted by Gasteiger charge is 2.48. The van der Waals surface area contributed by atoms with E-state index in [4.69, 9.17) is 19.3 Å². The Kier molecular flexibility index (Phi) is 6.44. The minimum atomic E-state index is -1.86. The van der Waals surface area contributed by atoms with Crippen LogP contribution in [0, 0.1) is 0 Å². The minimum absolute atomic E-state index is 0.0928. The van der Waals surface area contributed by atoms with Crippen molar-refractivity contribution in [3.05, 3.63) is 48.5 Å². The first kappa shape index (κ1) is 20.7. The summed E-state index contributed by atoms with van der Waals surface area (Å²) in [6, 6.07) is 5.93. The quantitative estimate of drug-likeness (QED) is 0.419. The second-order valence-electron chi connectivity index (χ2n) is 6.31. The Morgan fingerprint density at radius 3 is 2.45 bits per heavy atom. The van der Waals surface area contributed by atoms with Crippen LogP contribution in [0.4, 0.5) is 0 Å². The van der Waals surface area contributed by atoms with Gasteiger partial charge in [0.05, 0.1) is 18.4 Å². The molecule has 0 saturated carbocycles. The maximum absolute atomic E-state index is 12.2. The number of aliphatic hydroxyl groups is 3. The number of rotatable bonds is 7. The predicted molar refractivity (Wildman–Crippen MR) is 93.9 cm³/mol. The topological polar surface area (TPSA) is 161 Å². The summed E-state index contributed by atoms with van der Waals surface area (Å²) < 4.78 is 17.3. The van der Waals surface area contributed by atoms with Crippen molar-refractivity contribution in [3.8, 4) is 5.75 Å². The van der Waals surface area contributed by atoms with Gasteiger partial charge in [0.15, 0.2) is 6.10 Å². The van der Waals surface area contributed by atoms with E-state index >= 15 is 0 Å². The maximum Gasteiger partial charge on any atom is 0.340 e. The number of aliphatic carboxylic acids is 1. The van der Waals surface area contributed by atoms with E-state index in [0.29, 0.717) is 18.9 Å². The predicted octanol–water partition coefficient (Wildman–Crippen LogP) is -0.989. The summed E-state index contributed by atoms with van der Waals surface area (Å²) in [6.45, 7) is 0.985. The van der Waals surface area contributed by atoms with Gasteiger partial charge in [-0.1, -0.05) is 0 Å². The molecule has 1 aromatic heterocycles. The van der Waals surface area contributed by atoms with E-state index in [2.05, 4.69) is 4.98 Å². The summed E-state index contributed by atoms with van der Waals surface area (Å²) in [7, 11) is 0. The number of aromatic nitrogens is 2. The molecule has 2 heterocycles.